The fourth-order valence-electron chi connectivity index (χ4n) is 1.43. The number of anilines is 2. The number of rotatable bonds is 6. The minimum absolute atomic E-state index is 0.332. The molecule has 1 aromatic heterocycles. The molecular weight excluding hydrogens is 220 g/mol. The maximum atomic E-state index is 10.1. The van der Waals surface area contributed by atoms with Crippen LogP contribution < -0.4 is 15.8 Å². The molecule has 0 saturated heterocycles. The minimum Gasteiger partial charge on any atom is -0.479 e. The molecule has 17 heavy (non-hydrogen) atoms. The standard InChI is InChI=1S/C11H20N4O2/c1-4-11(16,5-2)6-13-9-8(12)10(17-3)15-7-14-9/h7,16H,4-6,12H2,1-3H3,(H,13,14,15). The highest BCUT2D eigenvalue weighted by atomic mass is 16.5. The van der Waals surface area contributed by atoms with Crippen molar-refractivity contribution in [2.45, 2.75) is 32.3 Å². The van der Waals surface area contributed by atoms with E-state index >= 15 is 0 Å². The molecule has 1 aromatic rings. The molecule has 96 valence electrons. The third-order valence-electron chi connectivity index (χ3n) is 2.94. The molecule has 0 bridgehead atoms. The number of hydrogen-bond donors (Lipinski definition) is 3. The molecule has 0 aliphatic rings. The van der Waals surface area contributed by atoms with Crippen LogP contribution in [0.1, 0.15) is 26.7 Å². The van der Waals surface area contributed by atoms with Crippen molar-refractivity contribution in [3.8, 4) is 5.88 Å². The SMILES string of the molecule is CCC(O)(CC)CNc1ncnc(OC)c1N. The maximum Gasteiger partial charge on any atom is 0.242 e. The molecule has 4 N–H and O–H groups in total. The number of hydrogen-bond acceptors (Lipinski definition) is 6. The fourth-order valence-corrected chi connectivity index (χ4v) is 1.43. The lowest BCUT2D eigenvalue weighted by atomic mass is 9.98. The number of aliphatic hydroxyl groups is 1. The Morgan fingerprint density at radius 1 is 1.41 bits per heavy atom. The summed E-state index contributed by atoms with van der Waals surface area (Å²) in [6.45, 7) is 4.27. The number of aromatic nitrogens is 2. The smallest absolute Gasteiger partial charge is 0.242 e. The van der Waals surface area contributed by atoms with Crippen LogP contribution >= 0.6 is 0 Å². The van der Waals surface area contributed by atoms with Crippen molar-refractivity contribution < 1.29 is 9.84 Å². The van der Waals surface area contributed by atoms with E-state index in [9.17, 15) is 5.11 Å². The molecule has 0 radical (unpaired) electrons. The van der Waals surface area contributed by atoms with Crippen molar-refractivity contribution in [3.63, 3.8) is 0 Å². The van der Waals surface area contributed by atoms with Crippen molar-refractivity contribution in [2.24, 2.45) is 0 Å². The van der Waals surface area contributed by atoms with Gasteiger partial charge in [0, 0.05) is 6.54 Å². The minimum atomic E-state index is -0.745. The maximum absolute atomic E-state index is 10.1. The van der Waals surface area contributed by atoms with Crippen LogP contribution in [-0.4, -0.2) is 34.3 Å². The summed E-state index contributed by atoms with van der Waals surface area (Å²) in [5.74, 6) is 0.816. The van der Waals surface area contributed by atoms with Gasteiger partial charge in [0.15, 0.2) is 5.82 Å². The Kier molecular flexibility index (Phi) is 4.51. The predicted molar refractivity (Wildman–Crippen MR) is 67.0 cm³/mol. The van der Waals surface area contributed by atoms with Gasteiger partial charge in [-0.25, -0.2) is 4.98 Å². The Hall–Kier alpha value is -1.56. The van der Waals surface area contributed by atoms with Gasteiger partial charge >= 0.3 is 0 Å². The summed E-state index contributed by atoms with van der Waals surface area (Å²) in [5, 5.41) is 13.2. The molecule has 6 nitrogen and oxygen atoms in total. The first kappa shape index (κ1) is 13.5. The predicted octanol–water partition coefficient (Wildman–Crippen LogP) is 1.03. The highest BCUT2D eigenvalue weighted by Crippen LogP contribution is 2.25. The molecular formula is C11H20N4O2. The highest BCUT2D eigenvalue weighted by molar-refractivity contribution is 5.66. The first-order chi connectivity index (χ1) is 8.06. The van der Waals surface area contributed by atoms with Crippen molar-refractivity contribution >= 4 is 11.5 Å². The quantitative estimate of drug-likeness (QED) is 0.687. The second-order valence-electron chi connectivity index (χ2n) is 3.93. The normalized spacial score (nSPS) is 11.3. The average Bonchev–Trinajstić information content (AvgIpc) is 2.37. The molecule has 0 aliphatic heterocycles. The summed E-state index contributed by atoms with van der Waals surface area (Å²) in [7, 11) is 1.50. The van der Waals surface area contributed by atoms with Crippen LogP contribution in [0.2, 0.25) is 0 Å². The van der Waals surface area contributed by atoms with E-state index in [0.717, 1.165) is 0 Å². The van der Waals surface area contributed by atoms with E-state index in [1.165, 1.54) is 13.4 Å². The molecule has 1 heterocycles. The fraction of sp³-hybridized carbons (Fsp3) is 0.636. The summed E-state index contributed by atoms with van der Waals surface area (Å²) in [4.78, 5) is 7.90. The van der Waals surface area contributed by atoms with Crippen molar-refractivity contribution in [1.82, 2.24) is 9.97 Å². The van der Waals surface area contributed by atoms with Gasteiger partial charge in [-0.05, 0) is 12.8 Å². The van der Waals surface area contributed by atoms with Gasteiger partial charge in [-0.3, -0.25) is 0 Å². The molecule has 0 aromatic carbocycles. The molecule has 0 atom stereocenters. The molecule has 6 heteroatoms. The van der Waals surface area contributed by atoms with Crippen LogP contribution in [0.15, 0.2) is 6.33 Å². The van der Waals surface area contributed by atoms with Crippen LogP contribution in [0.5, 0.6) is 5.88 Å². The molecule has 0 fully saturated rings. The average molecular weight is 240 g/mol. The van der Waals surface area contributed by atoms with Gasteiger partial charge in [0.2, 0.25) is 5.88 Å². The van der Waals surface area contributed by atoms with Crippen LogP contribution in [-0.2, 0) is 0 Å². The van der Waals surface area contributed by atoms with Gasteiger partial charge in [-0.1, -0.05) is 13.8 Å². The number of methoxy groups -OCH3 is 1. The molecule has 0 spiro atoms. The largest absolute Gasteiger partial charge is 0.479 e. The topological polar surface area (TPSA) is 93.3 Å². The zero-order chi connectivity index (χ0) is 12.9. The van der Waals surface area contributed by atoms with Gasteiger partial charge in [-0.15, -0.1) is 0 Å². The lowest BCUT2D eigenvalue weighted by Gasteiger charge is -2.25. The summed E-state index contributed by atoms with van der Waals surface area (Å²) >= 11 is 0. The van der Waals surface area contributed by atoms with Gasteiger partial charge in [0.05, 0.1) is 12.7 Å². The summed E-state index contributed by atoms with van der Waals surface area (Å²) in [6.07, 6.45) is 2.70. The number of ether oxygens (including phenoxy) is 1. The lowest BCUT2D eigenvalue weighted by molar-refractivity contribution is 0.0456. The van der Waals surface area contributed by atoms with Crippen molar-refractivity contribution in [2.75, 3.05) is 24.7 Å². The third-order valence-corrected chi connectivity index (χ3v) is 2.94. The van der Waals surface area contributed by atoms with E-state index in [1.807, 2.05) is 13.8 Å². The zero-order valence-corrected chi connectivity index (χ0v) is 10.5. The van der Waals surface area contributed by atoms with E-state index < -0.39 is 5.60 Å². The van der Waals surface area contributed by atoms with Gasteiger partial charge in [-0.2, -0.15) is 4.98 Å². The zero-order valence-electron chi connectivity index (χ0n) is 10.5. The van der Waals surface area contributed by atoms with Gasteiger partial charge in [0.25, 0.3) is 0 Å². The first-order valence-corrected chi connectivity index (χ1v) is 5.67. The van der Waals surface area contributed by atoms with Crippen LogP contribution in [0.3, 0.4) is 0 Å². The molecule has 0 aliphatic carbocycles. The van der Waals surface area contributed by atoms with Crippen LogP contribution in [0, 0.1) is 0 Å². The highest BCUT2D eigenvalue weighted by Gasteiger charge is 2.22. The van der Waals surface area contributed by atoms with E-state index in [4.69, 9.17) is 10.5 Å². The Morgan fingerprint density at radius 2 is 2.06 bits per heavy atom. The van der Waals surface area contributed by atoms with E-state index in [2.05, 4.69) is 15.3 Å². The number of nitrogens with zero attached hydrogens (tertiary/aromatic N) is 2. The van der Waals surface area contributed by atoms with Gasteiger partial charge < -0.3 is 20.9 Å². The van der Waals surface area contributed by atoms with Crippen molar-refractivity contribution in [3.05, 3.63) is 6.33 Å². The lowest BCUT2D eigenvalue weighted by Crippen LogP contribution is -2.35. The molecule has 0 amide bonds. The molecule has 0 saturated carbocycles. The first-order valence-electron chi connectivity index (χ1n) is 5.67. The summed E-state index contributed by atoms with van der Waals surface area (Å²) < 4.78 is 4.99. The molecule has 1 rings (SSSR count). The third kappa shape index (κ3) is 3.20. The van der Waals surface area contributed by atoms with Crippen LogP contribution in [0.25, 0.3) is 0 Å². The summed E-state index contributed by atoms with van der Waals surface area (Å²) in [5.41, 5.74) is 5.42. The Morgan fingerprint density at radius 3 is 2.59 bits per heavy atom. The number of nitrogens with two attached hydrogens (primary N) is 1. The van der Waals surface area contributed by atoms with Crippen molar-refractivity contribution in [1.29, 1.82) is 0 Å². The summed E-state index contributed by atoms with van der Waals surface area (Å²) in [6, 6.07) is 0. The second-order valence-corrected chi connectivity index (χ2v) is 3.93. The number of nitrogens with one attached hydrogen (secondary N) is 1. The number of nitrogen functional groups attached to an aromatic ring is 1. The van der Waals surface area contributed by atoms with Gasteiger partial charge in [0.1, 0.15) is 12.0 Å². The van der Waals surface area contributed by atoms with E-state index in [-0.39, 0.29) is 0 Å². The Labute approximate surface area is 101 Å². The monoisotopic (exact) mass is 240 g/mol. The van der Waals surface area contributed by atoms with E-state index in [1.54, 1.807) is 0 Å². The van der Waals surface area contributed by atoms with Crippen LogP contribution in [0.4, 0.5) is 11.5 Å². The Balaban J connectivity index is 2.76. The molecule has 0 unspecified atom stereocenters. The van der Waals surface area contributed by atoms with E-state index in [0.29, 0.717) is 36.8 Å². The Bertz CT molecular complexity index is 366. The second kappa shape index (κ2) is 5.67.